The predicted octanol–water partition coefficient (Wildman–Crippen LogP) is 3.03. The summed E-state index contributed by atoms with van der Waals surface area (Å²) in [6, 6.07) is 5.34. The molecule has 2 amide bonds. The van der Waals surface area contributed by atoms with Crippen LogP contribution in [0.15, 0.2) is 18.2 Å². The Kier molecular flexibility index (Phi) is 5.53. The number of anilines is 2. The van der Waals surface area contributed by atoms with E-state index >= 15 is 0 Å². The fraction of sp³-hybridized carbons (Fsp3) is 0.562. The molecule has 22 heavy (non-hydrogen) atoms. The van der Waals surface area contributed by atoms with Gasteiger partial charge in [-0.2, -0.15) is 0 Å². The van der Waals surface area contributed by atoms with Crippen LogP contribution in [0.25, 0.3) is 0 Å². The van der Waals surface area contributed by atoms with Crippen LogP contribution >= 0.6 is 11.6 Å². The highest BCUT2D eigenvalue weighted by molar-refractivity contribution is 6.33. The van der Waals surface area contributed by atoms with Gasteiger partial charge in [0.1, 0.15) is 0 Å². The molecule has 1 aromatic rings. The van der Waals surface area contributed by atoms with E-state index < -0.39 is 0 Å². The van der Waals surface area contributed by atoms with Crippen LogP contribution < -0.4 is 10.2 Å². The van der Waals surface area contributed by atoms with Crippen molar-refractivity contribution in [2.24, 2.45) is 5.92 Å². The number of rotatable bonds is 3. The van der Waals surface area contributed by atoms with Gasteiger partial charge in [-0.1, -0.05) is 11.6 Å². The number of nitrogens with zero attached hydrogens (tertiary/aromatic N) is 2. The monoisotopic (exact) mass is 325 g/mol. The first-order valence-corrected chi connectivity index (χ1v) is 7.97. The molecule has 0 radical (unpaired) electrons. The standard InChI is InChI=1S/C16H24ClN3O2/c1-11(21)12-5-4-8-20(10-12)16(22)18-13-6-7-15(19(2)3)14(17)9-13/h6-7,9,11-12,21H,4-5,8,10H2,1-3H3,(H,18,22). The molecule has 2 rings (SSSR count). The Morgan fingerprint density at radius 2 is 2.23 bits per heavy atom. The van der Waals surface area contributed by atoms with E-state index in [1.54, 1.807) is 17.9 Å². The van der Waals surface area contributed by atoms with Crippen molar-refractivity contribution in [3.05, 3.63) is 23.2 Å². The zero-order chi connectivity index (χ0) is 16.3. The van der Waals surface area contributed by atoms with Gasteiger partial charge >= 0.3 is 6.03 Å². The first-order chi connectivity index (χ1) is 10.4. The average molecular weight is 326 g/mol. The Labute approximate surface area is 136 Å². The van der Waals surface area contributed by atoms with Gasteiger partial charge in [0.25, 0.3) is 0 Å². The Balaban J connectivity index is 2.01. The van der Waals surface area contributed by atoms with Crippen molar-refractivity contribution in [3.8, 4) is 0 Å². The summed E-state index contributed by atoms with van der Waals surface area (Å²) in [6.07, 6.45) is 1.50. The number of carbonyl (C=O) groups excluding carboxylic acids is 1. The molecule has 1 aromatic carbocycles. The first kappa shape index (κ1) is 16.9. The highest BCUT2D eigenvalue weighted by Crippen LogP contribution is 2.28. The molecule has 1 saturated heterocycles. The molecular weight excluding hydrogens is 302 g/mol. The van der Waals surface area contributed by atoms with E-state index in [-0.39, 0.29) is 18.1 Å². The predicted molar refractivity (Wildman–Crippen MR) is 90.8 cm³/mol. The van der Waals surface area contributed by atoms with Crippen LogP contribution in [-0.4, -0.2) is 49.3 Å². The Hall–Kier alpha value is -1.46. The molecule has 1 aliphatic heterocycles. The average Bonchev–Trinajstić information content (AvgIpc) is 2.47. The number of halogens is 1. The normalized spacial score (nSPS) is 19.7. The van der Waals surface area contributed by atoms with E-state index in [1.807, 2.05) is 31.1 Å². The molecule has 1 fully saturated rings. The van der Waals surface area contributed by atoms with Gasteiger partial charge in [0.05, 0.1) is 16.8 Å². The third-order valence-electron chi connectivity index (χ3n) is 4.11. The summed E-state index contributed by atoms with van der Waals surface area (Å²) in [5, 5.41) is 13.2. The number of piperidine rings is 1. The minimum absolute atomic E-state index is 0.140. The Morgan fingerprint density at radius 1 is 1.50 bits per heavy atom. The highest BCUT2D eigenvalue weighted by Gasteiger charge is 2.26. The summed E-state index contributed by atoms with van der Waals surface area (Å²) in [5.41, 5.74) is 1.59. The minimum Gasteiger partial charge on any atom is -0.393 e. The molecule has 0 bridgehead atoms. The molecule has 1 heterocycles. The van der Waals surface area contributed by atoms with Crippen LogP contribution in [-0.2, 0) is 0 Å². The topological polar surface area (TPSA) is 55.8 Å². The van der Waals surface area contributed by atoms with Crippen molar-refractivity contribution in [3.63, 3.8) is 0 Å². The molecule has 0 spiro atoms. The number of aliphatic hydroxyl groups excluding tert-OH is 1. The summed E-state index contributed by atoms with van der Waals surface area (Å²) in [6.45, 7) is 3.09. The fourth-order valence-electron chi connectivity index (χ4n) is 2.74. The third-order valence-corrected chi connectivity index (χ3v) is 4.41. The second kappa shape index (κ2) is 7.20. The number of aliphatic hydroxyl groups is 1. The van der Waals surface area contributed by atoms with Crippen molar-refractivity contribution in [2.45, 2.75) is 25.9 Å². The van der Waals surface area contributed by atoms with Gasteiger partial charge < -0.3 is 20.2 Å². The fourth-order valence-corrected chi connectivity index (χ4v) is 3.09. The van der Waals surface area contributed by atoms with Gasteiger partial charge in [-0.15, -0.1) is 0 Å². The van der Waals surface area contributed by atoms with Crippen LogP contribution in [0.2, 0.25) is 5.02 Å². The van der Waals surface area contributed by atoms with Gasteiger partial charge in [0.2, 0.25) is 0 Å². The van der Waals surface area contributed by atoms with Crippen molar-refractivity contribution < 1.29 is 9.90 Å². The Morgan fingerprint density at radius 3 is 2.82 bits per heavy atom. The second-order valence-electron chi connectivity index (χ2n) is 6.08. The summed E-state index contributed by atoms with van der Waals surface area (Å²) >= 11 is 6.22. The third kappa shape index (κ3) is 4.05. The maximum absolute atomic E-state index is 12.3. The van der Waals surface area contributed by atoms with Crippen molar-refractivity contribution >= 4 is 29.0 Å². The maximum atomic E-state index is 12.3. The maximum Gasteiger partial charge on any atom is 0.321 e. The van der Waals surface area contributed by atoms with Crippen molar-refractivity contribution in [1.29, 1.82) is 0 Å². The van der Waals surface area contributed by atoms with E-state index in [9.17, 15) is 9.90 Å². The number of carbonyl (C=O) groups is 1. The van der Waals surface area contributed by atoms with Crippen molar-refractivity contribution in [1.82, 2.24) is 4.90 Å². The number of amides is 2. The van der Waals surface area contributed by atoms with Crippen LogP contribution in [0.4, 0.5) is 16.2 Å². The molecule has 0 aliphatic carbocycles. The number of urea groups is 1. The van der Waals surface area contributed by atoms with Crippen LogP contribution in [0.5, 0.6) is 0 Å². The Bertz CT molecular complexity index is 534. The lowest BCUT2D eigenvalue weighted by molar-refractivity contribution is 0.0766. The largest absolute Gasteiger partial charge is 0.393 e. The summed E-state index contributed by atoms with van der Waals surface area (Å²) in [7, 11) is 3.84. The molecule has 2 N–H and O–H groups in total. The number of likely N-dealkylation sites (tertiary alicyclic amines) is 1. The molecule has 1 aliphatic rings. The number of hydrogen-bond acceptors (Lipinski definition) is 3. The van der Waals surface area contributed by atoms with Gasteiger partial charge in [0.15, 0.2) is 0 Å². The van der Waals surface area contributed by atoms with E-state index in [0.717, 1.165) is 25.1 Å². The van der Waals surface area contributed by atoms with Crippen LogP contribution in [0, 0.1) is 5.92 Å². The lowest BCUT2D eigenvalue weighted by atomic mass is 9.94. The highest BCUT2D eigenvalue weighted by atomic mass is 35.5. The van der Waals surface area contributed by atoms with Gasteiger partial charge in [-0.25, -0.2) is 4.79 Å². The molecule has 2 atom stereocenters. The van der Waals surface area contributed by atoms with E-state index in [0.29, 0.717) is 17.3 Å². The summed E-state index contributed by atoms with van der Waals surface area (Å²) in [5.74, 6) is 0.152. The van der Waals surface area contributed by atoms with Gasteiger partial charge in [0, 0.05) is 38.8 Å². The van der Waals surface area contributed by atoms with E-state index in [2.05, 4.69) is 5.32 Å². The lowest BCUT2D eigenvalue weighted by Gasteiger charge is -2.34. The van der Waals surface area contributed by atoms with Crippen LogP contribution in [0.3, 0.4) is 0 Å². The van der Waals surface area contributed by atoms with Crippen molar-refractivity contribution in [2.75, 3.05) is 37.4 Å². The summed E-state index contributed by atoms with van der Waals surface area (Å²) < 4.78 is 0. The zero-order valence-electron chi connectivity index (χ0n) is 13.3. The zero-order valence-corrected chi connectivity index (χ0v) is 14.1. The smallest absolute Gasteiger partial charge is 0.321 e. The van der Waals surface area contributed by atoms with Crippen LogP contribution in [0.1, 0.15) is 19.8 Å². The molecule has 0 saturated carbocycles. The molecule has 6 heteroatoms. The lowest BCUT2D eigenvalue weighted by Crippen LogP contribution is -2.44. The number of hydrogen-bond donors (Lipinski definition) is 2. The quantitative estimate of drug-likeness (QED) is 0.898. The minimum atomic E-state index is -0.385. The molecule has 122 valence electrons. The SMILES string of the molecule is CC(O)C1CCCN(C(=O)Nc2ccc(N(C)C)c(Cl)c2)C1. The van der Waals surface area contributed by atoms with Gasteiger partial charge in [-0.05, 0) is 38.0 Å². The number of nitrogens with one attached hydrogen (secondary N) is 1. The molecule has 5 nitrogen and oxygen atoms in total. The van der Waals surface area contributed by atoms with E-state index in [1.165, 1.54) is 0 Å². The number of benzene rings is 1. The summed E-state index contributed by atoms with van der Waals surface area (Å²) in [4.78, 5) is 16.0. The molecule has 2 unspecified atom stereocenters. The van der Waals surface area contributed by atoms with E-state index in [4.69, 9.17) is 11.6 Å². The van der Waals surface area contributed by atoms with Gasteiger partial charge in [-0.3, -0.25) is 0 Å². The molecule has 0 aromatic heterocycles. The second-order valence-corrected chi connectivity index (χ2v) is 6.49. The first-order valence-electron chi connectivity index (χ1n) is 7.59. The molecular formula is C16H24ClN3O2.